The molecular weight excluding hydrogens is 209 g/mol. The van der Waals surface area contributed by atoms with Crippen LogP contribution in [0.2, 0.25) is 0 Å². The number of methoxy groups -OCH3 is 1. The van der Waals surface area contributed by atoms with Gasteiger partial charge in [0.1, 0.15) is 17.3 Å². The molecule has 0 bridgehead atoms. The molecule has 0 aliphatic rings. The zero-order valence-electron chi connectivity index (χ0n) is 9.50. The number of ether oxygens (including phenoxy) is 1. The molecule has 88 valence electrons. The van der Waals surface area contributed by atoms with E-state index < -0.39 is 0 Å². The van der Waals surface area contributed by atoms with E-state index in [1.165, 1.54) is 32.2 Å². The first-order chi connectivity index (χ1) is 7.54. The molecule has 0 aliphatic carbocycles. The molecule has 16 heavy (non-hydrogen) atoms. The van der Waals surface area contributed by atoms with Crippen molar-refractivity contribution in [3.63, 3.8) is 0 Å². The second kappa shape index (κ2) is 5.61. The van der Waals surface area contributed by atoms with Crippen LogP contribution in [0.5, 0.6) is 5.75 Å². The van der Waals surface area contributed by atoms with E-state index in [2.05, 4.69) is 0 Å². The summed E-state index contributed by atoms with van der Waals surface area (Å²) < 4.78 is 18.2. The summed E-state index contributed by atoms with van der Waals surface area (Å²) in [4.78, 5) is 10.8. The smallest absolute Gasteiger partial charge is 0.129 e. The quantitative estimate of drug-likeness (QED) is 0.835. The highest BCUT2D eigenvalue weighted by Crippen LogP contribution is 2.27. The highest BCUT2D eigenvalue weighted by molar-refractivity contribution is 5.75. The van der Waals surface area contributed by atoms with Crippen LogP contribution in [-0.4, -0.2) is 12.9 Å². The number of nitrogens with two attached hydrogens (primary N) is 1. The Bertz CT molecular complexity index is 379. The summed E-state index contributed by atoms with van der Waals surface area (Å²) in [5.74, 6) is 0.275. The lowest BCUT2D eigenvalue weighted by Crippen LogP contribution is -2.13. The first-order valence-corrected chi connectivity index (χ1v) is 5.13. The molecule has 0 aliphatic heterocycles. The van der Waals surface area contributed by atoms with Crippen LogP contribution in [0.25, 0.3) is 0 Å². The summed E-state index contributed by atoms with van der Waals surface area (Å²) >= 11 is 0. The van der Waals surface area contributed by atoms with E-state index in [1.54, 1.807) is 0 Å². The molecular formula is C12H16FNO2. The zero-order chi connectivity index (χ0) is 12.1. The largest absolute Gasteiger partial charge is 0.496 e. The number of benzene rings is 1. The first-order valence-electron chi connectivity index (χ1n) is 5.13. The van der Waals surface area contributed by atoms with Crippen LogP contribution in [0.1, 0.15) is 31.4 Å². The Morgan fingerprint density at radius 1 is 1.56 bits per heavy atom. The van der Waals surface area contributed by atoms with Crippen molar-refractivity contribution in [2.75, 3.05) is 7.11 Å². The van der Waals surface area contributed by atoms with Gasteiger partial charge < -0.3 is 15.3 Å². The first kappa shape index (κ1) is 12.6. The van der Waals surface area contributed by atoms with Crippen LogP contribution < -0.4 is 10.5 Å². The van der Waals surface area contributed by atoms with E-state index >= 15 is 0 Å². The highest BCUT2D eigenvalue weighted by atomic mass is 19.1. The fourth-order valence-electron chi connectivity index (χ4n) is 1.51. The Morgan fingerprint density at radius 3 is 2.81 bits per heavy atom. The number of hydrogen-bond donors (Lipinski definition) is 1. The third-order valence-corrected chi connectivity index (χ3v) is 2.40. The Hall–Kier alpha value is -1.42. The van der Waals surface area contributed by atoms with Crippen LogP contribution in [-0.2, 0) is 4.79 Å². The summed E-state index contributed by atoms with van der Waals surface area (Å²) in [6.45, 7) is 1.51. The summed E-state index contributed by atoms with van der Waals surface area (Å²) in [6, 6.07) is 3.83. The second-order valence-corrected chi connectivity index (χ2v) is 3.73. The van der Waals surface area contributed by atoms with Crippen LogP contribution in [0.15, 0.2) is 18.2 Å². The Morgan fingerprint density at radius 2 is 2.25 bits per heavy atom. The fraction of sp³-hybridized carbons (Fsp3) is 0.417. The minimum absolute atomic E-state index is 0.0748. The average molecular weight is 225 g/mol. The molecule has 1 unspecified atom stereocenters. The summed E-state index contributed by atoms with van der Waals surface area (Å²) in [5.41, 5.74) is 6.49. The SMILES string of the molecule is COc1ccc(F)cc1C(N)CCC(C)=O. The molecule has 4 heteroatoms. The second-order valence-electron chi connectivity index (χ2n) is 3.73. The van der Waals surface area contributed by atoms with E-state index in [0.717, 1.165) is 0 Å². The van der Waals surface area contributed by atoms with E-state index in [-0.39, 0.29) is 17.6 Å². The van der Waals surface area contributed by atoms with E-state index in [4.69, 9.17) is 10.5 Å². The Kier molecular flexibility index (Phi) is 4.43. The summed E-state index contributed by atoms with van der Waals surface area (Å²) in [7, 11) is 1.51. The van der Waals surface area contributed by atoms with Gasteiger partial charge in [0, 0.05) is 18.0 Å². The van der Waals surface area contributed by atoms with Gasteiger partial charge in [-0.05, 0) is 31.5 Å². The third kappa shape index (κ3) is 3.31. The lowest BCUT2D eigenvalue weighted by Gasteiger charge is -2.15. The molecule has 0 saturated heterocycles. The van der Waals surface area contributed by atoms with Crippen molar-refractivity contribution in [1.29, 1.82) is 0 Å². The van der Waals surface area contributed by atoms with Gasteiger partial charge in [0.15, 0.2) is 0 Å². The monoisotopic (exact) mass is 225 g/mol. The van der Waals surface area contributed by atoms with Gasteiger partial charge >= 0.3 is 0 Å². The van der Waals surface area contributed by atoms with Crippen molar-refractivity contribution >= 4 is 5.78 Å². The molecule has 0 amide bonds. The van der Waals surface area contributed by atoms with Gasteiger partial charge in [-0.1, -0.05) is 0 Å². The van der Waals surface area contributed by atoms with Crippen molar-refractivity contribution in [2.24, 2.45) is 5.73 Å². The number of hydrogen-bond acceptors (Lipinski definition) is 3. The topological polar surface area (TPSA) is 52.3 Å². The van der Waals surface area contributed by atoms with Crippen LogP contribution in [0.3, 0.4) is 0 Å². The number of carbonyl (C=O) groups is 1. The van der Waals surface area contributed by atoms with Gasteiger partial charge in [-0.2, -0.15) is 0 Å². The molecule has 0 heterocycles. The van der Waals surface area contributed by atoms with E-state index in [9.17, 15) is 9.18 Å². The van der Waals surface area contributed by atoms with Gasteiger partial charge in [-0.25, -0.2) is 4.39 Å². The number of ketones is 1. The zero-order valence-corrected chi connectivity index (χ0v) is 9.50. The molecule has 2 N–H and O–H groups in total. The number of carbonyl (C=O) groups excluding carboxylic acids is 1. The normalized spacial score (nSPS) is 12.2. The molecule has 1 rings (SSSR count). The van der Waals surface area contributed by atoms with Crippen molar-refractivity contribution in [3.8, 4) is 5.75 Å². The lowest BCUT2D eigenvalue weighted by atomic mass is 10.0. The van der Waals surface area contributed by atoms with E-state index in [1.807, 2.05) is 0 Å². The minimum atomic E-state index is -0.380. The van der Waals surface area contributed by atoms with Crippen molar-refractivity contribution in [2.45, 2.75) is 25.8 Å². The lowest BCUT2D eigenvalue weighted by molar-refractivity contribution is -0.117. The van der Waals surface area contributed by atoms with E-state index in [0.29, 0.717) is 24.2 Å². The van der Waals surface area contributed by atoms with Crippen LogP contribution in [0, 0.1) is 5.82 Å². The van der Waals surface area contributed by atoms with Crippen molar-refractivity contribution < 1.29 is 13.9 Å². The summed E-state index contributed by atoms with van der Waals surface area (Å²) in [5, 5.41) is 0. The average Bonchev–Trinajstić information content (AvgIpc) is 2.25. The molecule has 0 spiro atoms. The van der Waals surface area contributed by atoms with Crippen molar-refractivity contribution in [1.82, 2.24) is 0 Å². The van der Waals surface area contributed by atoms with Crippen molar-refractivity contribution in [3.05, 3.63) is 29.6 Å². The number of halogens is 1. The van der Waals surface area contributed by atoms with Gasteiger partial charge in [-0.15, -0.1) is 0 Å². The van der Waals surface area contributed by atoms with Gasteiger partial charge in [0.25, 0.3) is 0 Å². The predicted octanol–water partition coefficient (Wildman–Crippen LogP) is 2.20. The molecule has 1 atom stereocenters. The standard InChI is InChI=1S/C12H16FNO2/c1-8(15)3-5-11(14)10-7-9(13)4-6-12(10)16-2/h4,6-7,11H,3,5,14H2,1-2H3. The molecule has 0 radical (unpaired) electrons. The molecule has 1 aromatic carbocycles. The third-order valence-electron chi connectivity index (χ3n) is 2.40. The van der Waals surface area contributed by atoms with Gasteiger partial charge in [0.05, 0.1) is 7.11 Å². The number of Topliss-reactive ketones (excluding diaryl/α,β-unsaturated/α-hetero) is 1. The Balaban J connectivity index is 2.84. The maximum absolute atomic E-state index is 13.1. The predicted molar refractivity (Wildman–Crippen MR) is 59.8 cm³/mol. The minimum Gasteiger partial charge on any atom is -0.496 e. The molecule has 1 aromatic rings. The van der Waals surface area contributed by atoms with Gasteiger partial charge in [0.2, 0.25) is 0 Å². The fourth-order valence-corrected chi connectivity index (χ4v) is 1.51. The summed E-state index contributed by atoms with van der Waals surface area (Å²) in [6.07, 6.45) is 0.885. The maximum Gasteiger partial charge on any atom is 0.129 e. The molecule has 0 fully saturated rings. The van der Waals surface area contributed by atoms with Crippen LogP contribution in [0.4, 0.5) is 4.39 Å². The van der Waals surface area contributed by atoms with Gasteiger partial charge in [-0.3, -0.25) is 0 Å². The highest BCUT2D eigenvalue weighted by Gasteiger charge is 2.13. The molecule has 0 saturated carbocycles. The van der Waals surface area contributed by atoms with Crippen LogP contribution >= 0.6 is 0 Å². The number of rotatable bonds is 5. The molecule has 3 nitrogen and oxygen atoms in total. The molecule has 0 aromatic heterocycles. The Labute approximate surface area is 94.4 Å². The maximum atomic E-state index is 13.1.